The van der Waals surface area contributed by atoms with Crippen molar-refractivity contribution in [2.24, 2.45) is 0 Å². The Hall–Kier alpha value is -0.540. The second kappa shape index (κ2) is 4.54. The minimum Gasteiger partial charge on any atom is -0.467 e. The van der Waals surface area contributed by atoms with Crippen molar-refractivity contribution in [3.05, 3.63) is 45.5 Å². The molecular weight excluding hydrogens is 272 g/mol. The lowest BCUT2D eigenvalue weighted by molar-refractivity contribution is 0.518. The smallest absolute Gasteiger partial charge is 0.125 e. The lowest BCUT2D eigenvalue weighted by atomic mass is 10.2. The van der Waals surface area contributed by atoms with Crippen LogP contribution in [-0.4, -0.2) is 0 Å². The molecule has 0 spiro atoms. The van der Waals surface area contributed by atoms with Crippen LogP contribution in [0.4, 0.5) is 0 Å². The molecule has 3 heteroatoms. The van der Waals surface area contributed by atoms with E-state index >= 15 is 0 Å². The highest BCUT2D eigenvalue weighted by Crippen LogP contribution is 2.37. The van der Waals surface area contributed by atoms with Crippen LogP contribution in [-0.2, 0) is 6.42 Å². The molecule has 1 unspecified atom stereocenters. The Balaban J connectivity index is 2.28. The van der Waals surface area contributed by atoms with Crippen LogP contribution in [0.25, 0.3) is 0 Å². The van der Waals surface area contributed by atoms with Gasteiger partial charge in [-0.2, -0.15) is 0 Å². The molecule has 0 saturated heterocycles. The summed E-state index contributed by atoms with van der Waals surface area (Å²) >= 11 is 5.52. The summed E-state index contributed by atoms with van der Waals surface area (Å²) in [6.07, 6.45) is 2.84. The number of rotatable bonds is 3. The van der Waals surface area contributed by atoms with Gasteiger partial charge in [-0.05, 0) is 37.1 Å². The van der Waals surface area contributed by atoms with Crippen LogP contribution in [0, 0.1) is 6.92 Å². The van der Waals surface area contributed by atoms with Crippen molar-refractivity contribution in [2.45, 2.75) is 25.1 Å². The quantitative estimate of drug-likeness (QED) is 0.745. The fourth-order valence-corrected chi connectivity index (χ4v) is 3.33. The average Bonchev–Trinajstić information content (AvgIpc) is 2.84. The lowest BCUT2D eigenvalue weighted by Crippen LogP contribution is -1.88. The van der Waals surface area contributed by atoms with Gasteiger partial charge >= 0.3 is 0 Å². The number of hydrogen-bond acceptors (Lipinski definition) is 2. The normalized spacial score (nSPS) is 13.0. The number of hydrogen-bond donors (Lipinski definition) is 0. The third-order valence-electron chi connectivity index (χ3n) is 2.41. The molecule has 0 N–H and O–H groups in total. The van der Waals surface area contributed by atoms with Gasteiger partial charge in [-0.25, -0.2) is 0 Å². The molecule has 0 aliphatic rings. The lowest BCUT2D eigenvalue weighted by Gasteiger charge is -2.04. The Bertz CT molecular complexity index is 444. The summed E-state index contributed by atoms with van der Waals surface area (Å²) in [4.78, 5) is 2.92. The number of furan rings is 1. The van der Waals surface area contributed by atoms with Crippen LogP contribution < -0.4 is 0 Å². The molecule has 1 nitrogen and oxygen atoms in total. The molecular formula is C12H13BrOS. The first-order valence-corrected chi connectivity index (χ1v) is 6.72. The van der Waals surface area contributed by atoms with Gasteiger partial charge in [0, 0.05) is 9.75 Å². The van der Waals surface area contributed by atoms with E-state index in [1.807, 2.05) is 17.4 Å². The Morgan fingerprint density at radius 3 is 2.73 bits per heavy atom. The second-order valence-electron chi connectivity index (χ2n) is 3.49. The first-order valence-electron chi connectivity index (χ1n) is 4.99. The van der Waals surface area contributed by atoms with Gasteiger partial charge in [0.05, 0.1) is 6.26 Å². The highest BCUT2D eigenvalue weighted by atomic mass is 79.9. The minimum atomic E-state index is 0.192. The molecule has 0 radical (unpaired) electrons. The zero-order valence-electron chi connectivity index (χ0n) is 8.79. The van der Waals surface area contributed by atoms with Crippen molar-refractivity contribution in [3.8, 4) is 0 Å². The largest absolute Gasteiger partial charge is 0.467 e. The van der Waals surface area contributed by atoms with E-state index in [-0.39, 0.29) is 4.83 Å². The maximum absolute atomic E-state index is 5.48. The summed E-state index contributed by atoms with van der Waals surface area (Å²) in [5.74, 6) is 1.01. The Labute approximate surface area is 102 Å². The van der Waals surface area contributed by atoms with Gasteiger partial charge < -0.3 is 4.42 Å². The summed E-state index contributed by atoms with van der Waals surface area (Å²) in [7, 11) is 0. The minimum absolute atomic E-state index is 0.192. The van der Waals surface area contributed by atoms with E-state index in [9.17, 15) is 0 Å². The van der Waals surface area contributed by atoms with Crippen molar-refractivity contribution in [1.29, 1.82) is 0 Å². The first-order chi connectivity index (χ1) is 7.22. The molecule has 0 aromatic carbocycles. The number of alkyl halides is 1. The van der Waals surface area contributed by atoms with Crippen molar-refractivity contribution in [2.75, 3.05) is 0 Å². The van der Waals surface area contributed by atoms with Crippen LogP contribution in [0.15, 0.2) is 28.9 Å². The average molecular weight is 285 g/mol. The third kappa shape index (κ3) is 2.18. The van der Waals surface area contributed by atoms with E-state index in [4.69, 9.17) is 4.42 Å². The molecule has 0 fully saturated rings. The predicted molar refractivity (Wildman–Crippen MR) is 67.9 cm³/mol. The topological polar surface area (TPSA) is 13.1 Å². The van der Waals surface area contributed by atoms with Crippen molar-refractivity contribution in [1.82, 2.24) is 0 Å². The molecule has 0 bridgehead atoms. The number of aryl methyl sites for hydroxylation is 2. The van der Waals surface area contributed by atoms with Gasteiger partial charge in [-0.1, -0.05) is 22.9 Å². The molecule has 2 rings (SSSR count). The molecule has 2 aromatic heterocycles. The summed E-state index contributed by atoms with van der Waals surface area (Å²) in [6.45, 7) is 4.25. The Kier molecular flexibility index (Phi) is 3.32. The van der Waals surface area contributed by atoms with Crippen LogP contribution in [0.1, 0.15) is 32.8 Å². The van der Waals surface area contributed by atoms with E-state index in [0.717, 1.165) is 12.2 Å². The van der Waals surface area contributed by atoms with Crippen molar-refractivity contribution in [3.63, 3.8) is 0 Å². The summed E-state index contributed by atoms with van der Waals surface area (Å²) in [5.41, 5.74) is 1.20. The van der Waals surface area contributed by atoms with Gasteiger partial charge in [0.25, 0.3) is 0 Å². The van der Waals surface area contributed by atoms with Gasteiger partial charge in [0.1, 0.15) is 10.6 Å². The van der Waals surface area contributed by atoms with E-state index in [1.54, 1.807) is 6.26 Å². The van der Waals surface area contributed by atoms with E-state index < -0.39 is 0 Å². The van der Waals surface area contributed by atoms with Crippen LogP contribution in [0.2, 0.25) is 0 Å². The number of thiophene rings is 1. The zero-order chi connectivity index (χ0) is 10.8. The summed E-state index contributed by atoms with van der Waals surface area (Å²) in [6, 6.07) is 6.36. The third-order valence-corrected chi connectivity index (χ3v) is 4.92. The van der Waals surface area contributed by atoms with Crippen LogP contribution in [0.5, 0.6) is 0 Å². The predicted octanol–water partition coefficient (Wildman–Crippen LogP) is 4.70. The first kappa shape index (κ1) is 11.0. The van der Waals surface area contributed by atoms with E-state index in [0.29, 0.717) is 0 Å². The highest BCUT2D eigenvalue weighted by Gasteiger charge is 2.17. The van der Waals surface area contributed by atoms with Gasteiger partial charge in [0.15, 0.2) is 0 Å². The van der Waals surface area contributed by atoms with E-state index in [2.05, 4.69) is 41.9 Å². The Morgan fingerprint density at radius 1 is 1.40 bits per heavy atom. The van der Waals surface area contributed by atoms with Crippen molar-refractivity contribution < 1.29 is 4.42 Å². The summed E-state index contributed by atoms with van der Waals surface area (Å²) in [5, 5.41) is 0. The standard InChI is InChI=1S/C12H13BrOS/c1-3-9-4-5-10(15-9)11(13)12-8(2)6-7-14-12/h4-7,11H,3H2,1-2H3. The van der Waals surface area contributed by atoms with Crippen molar-refractivity contribution >= 4 is 27.3 Å². The monoisotopic (exact) mass is 284 g/mol. The highest BCUT2D eigenvalue weighted by molar-refractivity contribution is 9.09. The zero-order valence-corrected chi connectivity index (χ0v) is 11.2. The molecule has 0 aliphatic heterocycles. The molecule has 2 heterocycles. The van der Waals surface area contributed by atoms with E-state index in [1.165, 1.54) is 15.3 Å². The number of halogens is 1. The van der Waals surface area contributed by atoms with Crippen LogP contribution in [0.3, 0.4) is 0 Å². The van der Waals surface area contributed by atoms with Gasteiger partial charge in [-0.15, -0.1) is 11.3 Å². The summed E-state index contributed by atoms with van der Waals surface area (Å²) < 4.78 is 5.48. The molecule has 0 amide bonds. The second-order valence-corrected chi connectivity index (χ2v) is 5.60. The van der Waals surface area contributed by atoms with Gasteiger partial charge in [0.2, 0.25) is 0 Å². The molecule has 80 valence electrons. The SMILES string of the molecule is CCc1ccc(C(Br)c2occc2C)s1. The fraction of sp³-hybridized carbons (Fsp3) is 0.333. The molecule has 0 saturated carbocycles. The van der Waals surface area contributed by atoms with Gasteiger partial charge in [-0.3, -0.25) is 0 Å². The molecule has 0 aliphatic carbocycles. The molecule has 15 heavy (non-hydrogen) atoms. The maximum Gasteiger partial charge on any atom is 0.125 e. The molecule has 1 atom stereocenters. The maximum atomic E-state index is 5.48. The fourth-order valence-electron chi connectivity index (χ4n) is 1.49. The van der Waals surface area contributed by atoms with Crippen LogP contribution >= 0.6 is 27.3 Å². The molecule has 2 aromatic rings. The Morgan fingerprint density at radius 2 is 2.20 bits per heavy atom.